The van der Waals surface area contributed by atoms with E-state index in [-0.39, 0.29) is 12.1 Å². The van der Waals surface area contributed by atoms with Crippen LogP contribution < -0.4 is 0 Å². The molecular weight excluding hydrogens is 316 g/mol. The Morgan fingerprint density at radius 2 is 1.28 bits per heavy atom. The van der Waals surface area contributed by atoms with Crippen LogP contribution in [0.4, 0.5) is 0 Å². The van der Waals surface area contributed by atoms with Crippen LogP contribution in [0.25, 0.3) is 0 Å². The monoisotopic (exact) mass is 358 g/mol. The van der Waals surface area contributed by atoms with Gasteiger partial charge in [-0.15, -0.1) is 0 Å². The van der Waals surface area contributed by atoms with E-state index >= 15 is 0 Å². The molecule has 0 aromatic heterocycles. The van der Waals surface area contributed by atoms with E-state index in [1.54, 1.807) is 0 Å². The number of rotatable bonds is 19. The van der Waals surface area contributed by atoms with Crippen molar-refractivity contribution < 1.29 is 19.0 Å². The summed E-state index contributed by atoms with van der Waals surface area (Å²) in [6.45, 7) is 9.09. The highest BCUT2D eigenvalue weighted by Crippen LogP contribution is 2.09. The van der Waals surface area contributed by atoms with Gasteiger partial charge in [0.15, 0.2) is 0 Å². The topological polar surface area (TPSA) is 44.8 Å². The predicted octanol–water partition coefficient (Wildman–Crippen LogP) is 5.67. The van der Waals surface area contributed by atoms with Crippen molar-refractivity contribution in [2.45, 2.75) is 104 Å². The van der Waals surface area contributed by atoms with Gasteiger partial charge in [-0.05, 0) is 32.6 Å². The highest BCUT2D eigenvalue weighted by Gasteiger charge is 2.08. The normalized spacial score (nSPS) is 12.3. The fourth-order valence-electron chi connectivity index (χ4n) is 2.65. The molecule has 0 rings (SSSR count). The van der Waals surface area contributed by atoms with Crippen molar-refractivity contribution in [3.05, 3.63) is 0 Å². The molecule has 0 spiro atoms. The molecule has 0 amide bonds. The molecule has 1 atom stereocenters. The maximum atomic E-state index is 11.7. The second kappa shape index (κ2) is 19.7. The quantitative estimate of drug-likeness (QED) is 0.220. The first-order valence-electron chi connectivity index (χ1n) is 10.6. The summed E-state index contributed by atoms with van der Waals surface area (Å²) in [4.78, 5) is 11.7. The number of ether oxygens (including phenoxy) is 3. The molecule has 4 nitrogen and oxygen atoms in total. The Kier molecular flexibility index (Phi) is 19.2. The summed E-state index contributed by atoms with van der Waals surface area (Å²) in [6, 6.07) is 0. The molecule has 4 heteroatoms. The Labute approximate surface area is 156 Å². The highest BCUT2D eigenvalue weighted by atomic mass is 16.5. The van der Waals surface area contributed by atoms with Crippen molar-refractivity contribution in [1.82, 2.24) is 0 Å². The number of carbonyl (C=O) groups excluding carboxylic acids is 1. The lowest BCUT2D eigenvalue weighted by molar-refractivity contribution is -0.148. The van der Waals surface area contributed by atoms with Gasteiger partial charge < -0.3 is 14.2 Å². The first-order valence-corrected chi connectivity index (χ1v) is 10.6. The number of hydrogen-bond donors (Lipinski definition) is 0. The van der Waals surface area contributed by atoms with Gasteiger partial charge in [-0.2, -0.15) is 0 Å². The lowest BCUT2D eigenvalue weighted by Gasteiger charge is -2.13. The molecule has 0 saturated heterocycles. The summed E-state index contributed by atoms with van der Waals surface area (Å²) >= 11 is 0. The van der Waals surface area contributed by atoms with Gasteiger partial charge in [-0.25, -0.2) is 0 Å². The van der Waals surface area contributed by atoms with Crippen LogP contribution in [-0.4, -0.2) is 38.5 Å². The van der Waals surface area contributed by atoms with E-state index in [0.29, 0.717) is 26.2 Å². The molecule has 0 aliphatic rings. The number of esters is 1. The van der Waals surface area contributed by atoms with Gasteiger partial charge in [0.25, 0.3) is 0 Å². The van der Waals surface area contributed by atoms with Crippen LogP contribution in [0.1, 0.15) is 97.8 Å². The zero-order valence-electron chi connectivity index (χ0n) is 17.0. The average Bonchev–Trinajstić information content (AvgIpc) is 2.59. The van der Waals surface area contributed by atoms with Crippen molar-refractivity contribution in [1.29, 1.82) is 0 Å². The van der Waals surface area contributed by atoms with Crippen molar-refractivity contribution in [3.63, 3.8) is 0 Å². The third-order valence-corrected chi connectivity index (χ3v) is 4.23. The molecule has 0 aliphatic carbocycles. The smallest absolute Gasteiger partial charge is 0.306 e. The zero-order chi connectivity index (χ0) is 18.6. The van der Waals surface area contributed by atoms with Crippen LogP contribution >= 0.6 is 0 Å². The maximum Gasteiger partial charge on any atom is 0.306 e. The van der Waals surface area contributed by atoms with Crippen LogP contribution in [0.3, 0.4) is 0 Å². The molecular formula is C21H42O4. The minimum Gasteiger partial charge on any atom is -0.463 e. The summed E-state index contributed by atoms with van der Waals surface area (Å²) in [5.41, 5.74) is 0. The van der Waals surface area contributed by atoms with Gasteiger partial charge in [-0.3, -0.25) is 4.79 Å². The third kappa shape index (κ3) is 19.6. The molecule has 0 N–H and O–H groups in total. The summed E-state index contributed by atoms with van der Waals surface area (Å²) in [5, 5.41) is 0. The van der Waals surface area contributed by atoms with Gasteiger partial charge in [0.05, 0.1) is 19.3 Å². The fourth-order valence-corrected chi connectivity index (χ4v) is 2.65. The lowest BCUT2D eigenvalue weighted by atomic mass is 10.1. The van der Waals surface area contributed by atoms with E-state index in [0.717, 1.165) is 32.3 Å². The van der Waals surface area contributed by atoms with Crippen molar-refractivity contribution in [2.24, 2.45) is 0 Å². The first kappa shape index (κ1) is 24.4. The Hall–Kier alpha value is -0.610. The van der Waals surface area contributed by atoms with Gasteiger partial charge in [-0.1, -0.05) is 58.8 Å². The van der Waals surface area contributed by atoms with Crippen LogP contribution in [0, 0.1) is 0 Å². The van der Waals surface area contributed by atoms with E-state index in [1.165, 1.54) is 44.9 Å². The second-order valence-corrected chi connectivity index (χ2v) is 6.89. The second-order valence-electron chi connectivity index (χ2n) is 6.89. The summed E-state index contributed by atoms with van der Waals surface area (Å²) in [6.07, 6.45) is 13.4. The molecule has 0 fully saturated rings. The SMILES string of the molecule is CCCCCCCOCCOCCCC(=O)OC(C)CCCCCC. The van der Waals surface area contributed by atoms with Gasteiger partial charge in [0.2, 0.25) is 0 Å². The largest absolute Gasteiger partial charge is 0.463 e. The van der Waals surface area contributed by atoms with Crippen LogP contribution in [0.15, 0.2) is 0 Å². The average molecular weight is 359 g/mol. The minimum absolute atomic E-state index is 0.0380. The van der Waals surface area contributed by atoms with E-state index in [9.17, 15) is 4.79 Å². The molecule has 0 aromatic carbocycles. The number of hydrogen-bond acceptors (Lipinski definition) is 4. The molecule has 0 heterocycles. The third-order valence-electron chi connectivity index (χ3n) is 4.23. The molecule has 0 saturated carbocycles. The van der Waals surface area contributed by atoms with E-state index in [1.807, 2.05) is 6.92 Å². The summed E-state index contributed by atoms with van der Waals surface area (Å²) < 4.78 is 16.4. The Bertz CT molecular complexity index is 281. The summed E-state index contributed by atoms with van der Waals surface area (Å²) in [5.74, 6) is -0.102. The van der Waals surface area contributed by atoms with Gasteiger partial charge >= 0.3 is 5.97 Å². The zero-order valence-corrected chi connectivity index (χ0v) is 17.0. The van der Waals surface area contributed by atoms with Crippen molar-refractivity contribution in [2.75, 3.05) is 26.4 Å². The fraction of sp³-hybridized carbons (Fsp3) is 0.952. The van der Waals surface area contributed by atoms with Crippen LogP contribution in [0.5, 0.6) is 0 Å². The molecule has 0 bridgehead atoms. The number of carbonyl (C=O) groups is 1. The molecule has 0 radical (unpaired) electrons. The van der Waals surface area contributed by atoms with Gasteiger partial charge in [0.1, 0.15) is 0 Å². The Morgan fingerprint density at radius 3 is 1.92 bits per heavy atom. The van der Waals surface area contributed by atoms with Crippen LogP contribution in [-0.2, 0) is 19.0 Å². The molecule has 0 aliphatic heterocycles. The highest BCUT2D eigenvalue weighted by molar-refractivity contribution is 5.69. The Balaban J connectivity index is 3.26. The minimum atomic E-state index is -0.102. The van der Waals surface area contributed by atoms with E-state index < -0.39 is 0 Å². The maximum absolute atomic E-state index is 11.7. The molecule has 1 unspecified atom stereocenters. The van der Waals surface area contributed by atoms with Gasteiger partial charge in [0, 0.05) is 19.6 Å². The van der Waals surface area contributed by atoms with Crippen molar-refractivity contribution in [3.8, 4) is 0 Å². The number of unbranched alkanes of at least 4 members (excludes halogenated alkanes) is 7. The predicted molar refractivity (Wildman–Crippen MR) is 104 cm³/mol. The van der Waals surface area contributed by atoms with E-state index in [2.05, 4.69) is 13.8 Å². The standard InChI is InChI=1S/C21H42O4/c1-4-6-8-10-12-16-23-18-19-24-17-13-15-21(22)25-20(3)14-11-9-7-5-2/h20H,4-19H2,1-3H3. The van der Waals surface area contributed by atoms with Crippen molar-refractivity contribution >= 4 is 5.97 Å². The molecule has 0 aromatic rings. The Morgan fingerprint density at radius 1 is 0.720 bits per heavy atom. The molecule has 25 heavy (non-hydrogen) atoms. The van der Waals surface area contributed by atoms with Crippen LogP contribution in [0.2, 0.25) is 0 Å². The molecule has 150 valence electrons. The summed E-state index contributed by atoms with van der Waals surface area (Å²) in [7, 11) is 0. The lowest BCUT2D eigenvalue weighted by Crippen LogP contribution is -2.15. The van der Waals surface area contributed by atoms with E-state index in [4.69, 9.17) is 14.2 Å². The first-order chi connectivity index (χ1) is 12.2.